The number of rotatable bonds is 2. The van der Waals surface area contributed by atoms with Gasteiger partial charge in [-0.2, -0.15) is 0 Å². The van der Waals surface area contributed by atoms with Crippen LogP contribution in [0, 0.1) is 10.8 Å². The lowest BCUT2D eigenvalue weighted by Gasteiger charge is -2.51. The minimum Gasteiger partial charge on any atom is -0.323 e. The molecule has 0 N–H and O–H groups in total. The average molecular weight is 334 g/mol. The summed E-state index contributed by atoms with van der Waals surface area (Å²) in [4.78, 5) is 0. The largest absolute Gasteiger partial charge is 0.323 e. The maximum atomic E-state index is 5.92. The van der Waals surface area contributed by atoms with E-state index in [4.69, 9.17) is 28.4 Å². The van der Waals surface area contributed by atoms with Gasteiger partial charge in [-0.3, -0.25) is 0 Å². The Hall–Kier alpha value is -1.02. The van der Waals surface area contributed by atoms with Gasteiger partial charge in [0.25, 0.3) is 0 Å². The van der Waals surface area contributed by atoms with Crippen molar-refractivity contribution in [2.24, 2.45) is 10.8 Å². The monoisotopic (exact) mass is 334 g/mol. The molecule has 6 heteroatoms. The molecule has 1 aromatic carbocycles. The van der Waals surface area contributed by atoms with Gasteiger partial charge in [0.15, 0.2) is 0 Å². The highest BCUT2D eigenvalue weighted by atomic mass is 16.9. The van der Waals surface area contributed by atoms with Gasteiger partial charge in [-0.15, -0.1) is 0 Å². The van der Waals surface area contributed by atoms with E-state index < -0.39 is 11.9 Å². The first kappa shape index (κ1) is 15.3. The van der Waals surface area contributed by atoms with Crippen LogP contribution in [0.5, 0.6) is 0 Å². The molecule has 6 heterocycles. The van der Waals surface area contributed by atoms with Crippen LogP contribution < -0.4 is 0 Å². The van der Waals surface area contributed by atoms with E-state index in [1.807, 2.05) is 24.3 Å². The van der Waals surface area contributed by atoms with Gasteiger partial charge >= 0.3 is 11.9 Å². The summed E-state index contributed by atoms with van der Waals surface area (Å²) in [7, 11) is 0. The minimum absolute atomic E-state index is 0.0649. The molecule has 6 aliphatic rings. The fourth-order valence-corrected chi connectivity index (χ4v) is 3.52. The van der Waals surface area contributed by atoms with Crippen LogP contribution in [0.3, 0.4) is 0 Å². The molecule has 0 radical (unpaired) electrons. The number of hydrogen-bond acceptors (Lipinski definition) is 6. The van der Waals surface area contributed by atoms with Crippen LogP contribution in [0.25, 0.3) is 0 Å². The van der Waals surface area contributed by atoms with Crippen LogP contribution in [0.4, 0.5) is 0 Å². The van der Waals surface area contributed by atoms with E-state index in [1.165, 1.54) is 0 Å². The standard InChI is InChI=1S/C18H22O6/c1-15-7-19-17(20-8-15,21-9-15)13-4-3-5-14(6-13)18-22-10-16(2,11-23-18)12-24-18/h3-6H,7-12H2,1-2H3. The van der Waals surface area contributed by atoms with E-state index in [0.717, 1.165) is 11.1 Å². The molecule has 6 fully saturated rings. The van der Waals surface area contributed by atoms with E-state index in [0.29, 0.717) is 39.6 Å². The highest BCUT2D eigenvalue weighted by molar-refractivity contribution is 5.29. The second kappa shape index (κ2) is 4.78. The molecular formula is C18H22O6. The van der Waals surface area contributed by atoms with Crippen molar-refractivity contribution in [3.8, 4) is 0 Å². The molecule has 1 aromatic rings. The third kappa shape index (κ3) is 2.11. The smallest absolute Gasteiger partial charge is 0.312 e. The molecule has 0 amide bonds. The Labute approximate surface area is 140 Å². The fraction of sp³-hybridized carbons (Fsp3) is 0.667. The average Bonchev–Trinajstić information content (AvgIpc) is 2.64. The first-order valence-corrected chi connectivity index (χ1v) is 8.40. The molecule has 24 heavy (non-hydrogen) atoms. The summed E-state index contributed by atoms with van der Waals surface area (Å²) in [5.41, 5.74) is 1.46. The van der Waals surface area contributed by atoms with Crippen LogP contribution >= 0.6 is 0 Å². The molecule has 0 saturated carbocycles. The second-order valence-electron chi connectivity index (χ2n) is 8.05. The maximum absolute atomic E-state index is 5.92. The first-order chi connectivity index (χ1) is 11.5. The van der Waals surface area contributed by atoms with Crippen LogP contribution in [0.15, 0.2) is 24.3 Å². The van der Waals surface area contributed by atoms with E-state index in [-0.39, 0.29) is 10.8 Å². The second-order valence-corrected chi connectivity index (χ2v) is 8.05. The molecular weight excluding hydrogens is 312 g/mol. The summed E-state index contributed by atoms with van der Waals surface area (Å²) in [6.07, 6.45) is 0. The predicted octanol–water partition coefficient (Wildman–Crippen LogP) is 2.07. The van der Waals surface area contributed by atoms with Crippen molar-refractivity contribution in [1.82, 2.24) is 0 Å². The minimum atomic E-state index is -1.14. The van der Waals surface area contributed by atoms with Crippen LogP contribution in [0.2, 0.25) is 0 Å². The maximum Gasteiger partial charge on any atom is 0.312 e. The highest BCUT2D eigenvalue weighted by Gasteiger charge is 2.54. The summed E-state index contributed by atoms with van der Waals surface area (Å²) < 4.78 is 35.5. The SMILES string of the molecule is CC12COC(c3cccc(C45OCC(C)(CO4)CO5)c3)(OC1)OC2. The summed E-state index contributed by atoms with van der Waals surface area (Å²) >= 11 is 0. The van der Waals surface area contributed by atoms with Gasteiger partial charge in [0.2, 0.25) is 0 Å². The zero-order valence-electron chi connectivity index (χ0n) is 14.0. The summed E-state index contributed by atoms with van der Waals surface area (Å²) in [5.74, 6) is -2.27. The molecule has 6 saturated heterocycles. The lowest BCUT2D eigenvalue weighted by atomic mass is 9.90. The van der Waals surface area contributed by atoms with E-state index in [9.17, 15) is 0 Å². The number of ether oxygens (including phenoxy) is 6. The van der Waals surface area contributed by atoms with E-state index in [1.54, 1.807) is 0 Å². The molecule has 0 spiro atoms. The molecule has 6 aliphatic heterocycles. The van der Waals surface area contributed by atoms with Crippen molar-refractivity contribution >= 4 is 0 Å². The van der Waals surface area contributed by atoms with Crippen LogP contribution in [-0.2, 0) is 40.4 Å². The Kier molecular flexibility index (Phi) is 3.04. The molecule has 6 nitrogen and oxygen atoms in total. The molecule has 4 bridgehead atoms. The fourth-order valence-electron chi connectivity index (χ4n) is 3.52. The normalized spacial score (nSPS) is 47.1. The molecule has 7 rings (SSSR count). The Balaban J connectivity index is 1.47. The molecule has 0 aromatic heterocycles. The Morgan fingerprint density at radius 2 is 0.958 bits per heavy atom. The predicted molar refractivity (Wildman–Crippen MR) is 81.7 cm³/mol. The van der Waals surface area contributed by atoms with Gasteiger partial charge in [0.05, 0.1) is 39.6 Å². The third-order valence-electron chi connectivity index (χ3n) is 5.23. The topological polar surface area (TPSA) is 55.4 Å². The van der Waals surface area contributed by atoms with Gasteiger partial charge in [-0.05, 0) is 6.07 Å². The Morgan fingerprint density at radius 3 is 1.29 bits per heavy atom. The third-order valence-corrected chi connectivity index (χ3v) is 5.23. The first-order valence-electron chi connectivity index (χ1n) is 8.40. The van der Waals surface area contributed by atoms with Gasteiger partial charge in [0.1, 0.15) is 0 Å². The number of fused-ring (bicyclic) bond motifs is 6. The van der Waals surface area contributed by atoms with Crippen LogP contribution in [0.1, 0.15) is 25.0 Å². The number of benzene rings is 1. The lowest BCUT2D eigenvalue weighted by molar-refractivity contribution is -0.480. The number of hydrogen-bond donors (Lipinski definition) is 0. The summed E-state index contributed by atoms with van der Waals surface area (Å²) in [6, 6.07) is 7.72. The molecule has 0 aliphatic carbocycles. The van der Waals surface area contributed by atoms with Gasteiger partial charge in [-0.1, -0.05) is 32.0 Å². The van der Waals surface area contributed by atoms with E-state index in [2.05, 4.69) is 13.8 Å². The van der Waals surface area contributed by atoms with Crippen molar-refractivity contribution in [1.29, 1.82) is 0 Å². The van der Waals surface area contributed by atoms with Gasteiger partial charge in [-0.25, -0.2) is 0 Å². The zero-order valence-corrected chi connectivity index (χ0v) is 14.0. The summed E-state index contributed by atoms with van der Waals surface area (Å²) in [6.45, 7) is 7.89. The van der Waals surface area contributed by atoms with Crippen molar-refractivity contribution < 1.29 is 28.4 Å². The molecule has 0 atom stereocenters. The molecule has 0 unspecified atom stereocenters. The highest BCUT2D eigenvalue weighted by Crippen LogP contribution is 2.47. The Bertz CT molecular complexity index is 569. The van der Waals surface area contributed by atoms with Crippen molar-refractivity contribution in [2.45, 2.75) is 25.8 Å². The van der Waals surface area contributed by atoms with Crippen molar-refractivity contribution in [3.05, 3.63) is 35.4 Å². The van der Waals surface area contributed by atoms with E-state index >= 15 is 0 Å². The zero-order chi connectivity index (χ0) is 16.5. The van der Waals surface area contributed by atoms with Crippen molar-refractivity contribution in [3.63, 3.8) is 0 Å². The van der Waals surface area contributed by atoms with Crippen LogP contribution in [-0.4, -0.2) is 39.6 Å². The van der Waals surface area contributed by atoms with Crippen molar-refractivity contribution in [2.75, 3.05) is 39.6 Å². The van der Waals surface area contributed by atoms with Gasteiger partial charge < -0.3 is 28.4 Å². The Morgan fingerprint density at radius 1 is 0.625 bits per heavy atom. The molecule has 130 valence electrons. The quantitative estimate of drug-likeness (QED) is 0.825. The van der Waals surface area contributed by atoms with Gasteiger partial charge in [0, 0.05) is 22.0 Å². The lowest BCUT2D eigenvalue weighted by Crippen LogP contribution is -2.58. The summed E-state index contributed by atoms with van der Waals surface area (Å²) in [5, 5.41) is 0.